The van der Waals surface area contributed by atoms with Crippen LogP contribution >= 0.6 is 0 Å². The van der Waals surface area contributed by atoms with E-state index in [0.29, 0.717) is 12.4 Å². The molecule has 0 atom stereocenters. The summed E-state index contributed by atoms with van der Waals surface area (Å²) in [5.74, 6) is 0.652. The summed E-state index contributed by atoms with van der Waals surface area (Å²) >= 11 is 0. The second-order valence-electron chi connectivity index (χ2n) is 2.61. The van der Waals surface area contributed by atoms with Gasteiger partial charge in [-0.1, -0.05) is 0 Å². The van der Waals surface area contributed by atoms with E-state index in [4.69, 9.17) is 5.73 Å². The number of hydrogen-bond donors (Lipinski definition) is 3. The zero-order chi connectivity index (χ0) is 10.4. The lowest BCUT2D eigenvalue weighted by atomic mass is 10.5. The quantitative estimate of drug-likeness (QED) is 0.608. The minimum atomic E-state index is -0.0790. The van der Waals surface area contributed by atoms with Crippen LogP contribution in [0.5, 0.6) is 0 Å². The van der Waals surface area contributed by atoms with Crippen molar-refractivity contribution in [3.8, 4) is 0 Å². The zero-order valence-corrected chi connectivity index (χ0v) is 7.95. The van der Waals surface area contributed by atoms with Crippen molar-refractivity contribution < 1.29 is 4.79 Å². The van der Waals surface area contributed by atoms with Gasteiger partial charge in [0, 0.05) is 12.7 Å². The average molecular weight is 195 g/mol. The number of nitrogen functional groups attached to an aromatic ring is 1. The number of rotatable bonds is 4. The number of anilines is 2. The Kier molecular flexibility index (Phi) is 3.66. The fourth-order valence-electron chi connectivity index (χ4n) is 0.903. The van der Waals surface area contributed by atoms with Crippen molar-refractivity contribution in [1.82, 2.24) is 15.3 Å². The van der Waals surface area contributed by atoms with Crippen molar-refractivity contribution in [3.05, 3.63) is 12.3 Å². The number of amides is 1. The number of carbonyl (C=O) groups excluding carboxylic acids is 1. The molecule has 0 saturated heterocycles. The first-order valence-electron chi connectivity index (χ1n) is 4.31. The second kappa shape index (κ2) is 5.00. The van der Waals surface area contributed by atoms with Gasteiger partial charge in [0.15, 0.2) is 0 Å². The molecule has 1 aromatic heterocycles. The maximum Gasteiger partial charge on any atom is 0.239 e. The second-order valence-corrected chi connectivity index (χ2v) is 2.61. The van der Waals surface area contributed by atoms with Crippen LogP contribution in [0.15, 0.2) is 12.3 Å². The minimum absolute atomic E-state index is 0.0790. The van der Waals surface area contributed by atoms with E-state index >= 15 is 0 Å². The van der Waals surface area contributed by atoms with Crippen LogP contribution in [-0.4, -0.2) is 29.0 Å². The summed E-state index contributed by atoms with van der Waals surface area (Å²) in [6.07, 6.45) is 1.53. The number of hydrogen-bond acceptors (Lipinski definition) is 5. The van der Waals surface area contributed by atoms with E-state index in [9.17, 15) is 4.79 Å². The summed E-state index contributed by atoms with van der Waals surface area (Å²) < 4.78 is 0. The van der Waals surface area contributed by atoms with Crippen molar-refractivity contribution in [1.29, 1.82) is 0 Å². The van der Waals surface area contributed by atoms with Crippen LogP contribution in [0.1, 0.15) is 6.92 Å². The molecule has 0 aromatic carbocycles. The first-order chi connectivity index (χ1) is 6.72. The van der Waals surface area contributed by atoms with E-state index in [1.807, 2.05) is 6.92 Å². The molecule has 6 heteroatoms. The van der Waals surface area contributed by atoms with Gasteiger partial charge in [-0.3, -0.25) is 4.79 Å². The highest BCUT2D eigenvalue weighted by Gasteiger charge is 1.99. The van der Waals surface area contributed by atoms with Crippen molar-refractivity contribution >= 4 is 17.7 Å². The third-order valence-corrected chi connectivity index (χ3v) is 1.48. The number of carbonyl (C=O) groups is 1. The molecule has 6 nitrogen and oxygen atoms in total. The molecule has 0 unspecified atom stereocenters. The molecule has 0 saturated carbocycles. The summed E-state index contributed by atoms with van der Waals surface area (Å²) in [6.45, 7) is 2.66. The standard InChI is InChI=1S/C8H13N5O/c1-2-10-7(14)5-12-6-3-4-11-8(9)13-6/h3-4H,2,5H2,1H3,(H,10,14)(H3,9,11,12,13). The van der Waals surface area contributed by atoms with Gasteiger partial charge < -0.3 is 16.4 Å². The molecule has 0 fully saturated rings. The van der Waals surface area contributed by atoms with Crippen LogP contribution in [0.3, 0.4) is 0 Å². The number of nitrogens with two attached hydrogens (primary N) is 1. The van der Waals surface area contributed by atoms with Gasteiger partial charge in [-0.25, -0.2) is 4.98 Å². The lowest BCUT2D eigenvalue weighted by Crippen LogP contribution is -2.29. The molecule has 76 valence electrons. The molecule has 0 spiro atoms. The van der Waals surface area contributed by atoms with E-state index in [1.165, 1.54) is 6.20 Å². The molecule has 1 heterocycles. The third kappa shape index (κ3) is 3.26. The van der Waals surface area contributed by atoms with Crippen molar-refractivity contribution in [2.24, 2.45) is 0 Å². The largest absolute Gasteiger partial charge is 0.368 e. The Bertz CT molecular complexity index is 314. The Morgan fingerprint density at radius 1 is 1.64 bits per heavy atom. The smallest absolute Gasteiger partial charge is 0.239 e. The number of nitrogens with one attached hydrogen (secondary N) is 2. The Balaban J connectivity index is 2.41. The average Bonchev–Trinajstić information content (AvgIpc) is 2.15. The summed E-state index contributed by atoms with van der Waals surface area (Å²) in [4.78, 5) is 18.7. The molecule has 1 amide bonds. The fourth-order valence-corrected chi connectivity index (χ4v) is 0.903. The molecular weight excluding hydrogens is 182 g/mol. The Labute approximate surface area is 81.9 Å². The molecular formula is C8H13N5O. The monoisotopic (exact) mass is 195 g/mol. The van der Waals surface area contributed by atoms with E-state index in [1.54, 1.807) is 6.07 Å². The van der Waals surface area contributed by atoms with Crippen molar-refractivity contribution in [3.63, 3.8) is 0 Å². The van der Waals surface area contributed by atoms with Gasteiger partial charge >= 0.3 is 0 Å². The SMILES string of the molecule is CCNC(=O)CNc1ccnc(N)n1. The molecule has 4 N–H and O–H groups in total. The van der Waals surface area contributed by atoms with Crippen LogP contribution in [0.2, 0.25) is 0 Å². The Morgan fingerprint density at radius 2 is 2.43 bits per heavy atom. The predicted molar refractivity (Wildman–Crippen MR) is 53.6 cm³/mol. The van der Waals surface area contributed by atoms with Crippen LogP contribution in [-0.2, 0) is 4.79 Å². The van der Waals surface area contributed by atoms with Gasteiger partial charge in [0.2, 0.25) is 11.9 Å². The lowest BCUT2D eigenvalue weighted by molar-refractivity contribution is -0.119. The fraction of sp³-hybridized carbons (Fsp3) is 0.375. The van der Waals surface area contributed by atoms with Gasteiger partial charge in [-0.05, 0) is 13.0 Å². The lowest BCUT2D eigenvalue weighted by Gasteiger charge is -2.05. The zero-order valence-electron chi connectivity index (χ0n) is 7.95. The summed E-state index contributed by atoms with van der Waals surface area (Å²) in [7, 11) is 0. The van der Waals surface area contributed by atoms with Crippen LogP contribution < -0.4 is 16.4 Å². The third-order valence-electron chi connectivity index (χ3n) is 1.48. The molecule has 0 bridgehead atoms. The molecule has 0 aliphatic carbocycles. The van der Waals surface area contributed by atoms with Gasteiger partial charge in [-0.2, -0.15) is 4.98 Å². The van der Waals surface area contributed by atoms with E-state index in [0.717, 1.165) is 0 Å². The first-order valence-corrected chi connectivity index (χ1v) is 4.31. The van der Waals surface area contributed by atoms with Crippen molar-refractivity contribution in [2.45, 2.75) is 6.92 Å². The highest BCUT2D eigenvalue weighted by molar-refractivity contribution is 5.80. The van der Waals surface area contributed by atoms with Gasteiger partial charge in [0.05, 0.1) is 6.54 Å². The van der Waals surface area contributed by atoms with Crippen LogP contribution in [0, 0.1) is 0 Å². The van der Waals surface area contributed by atoms with Gasteiger partial charge in [0.1, 0.15) is 5.82 Å². The van der Waals surface area contributed by atoms with Crippen molar-refractivity contribution in [2.75, 3.05) is 24.1 Å². The van der Waals surface area contributed by atoms with Crippen LogP contribution in [0.25, 0.3) is 0 Å². The normalized spacial score (nSPS) is 9.50. The highest BCUT2D eigenvalue weighted by atomic mass is 16.1. The minimum Gasteiger partial charge on any atom is -0.368 e. The Morgan fingerprint density at radius 3 is 3.07 bits per heavy atom. The summed E-state index contributed by atoms with van der Waals surface area (Å²) in [5, 5.41) is 5.48. The predicted octanol–water partition coefficient (Wildman–Crippen LogP) is -0.393. The topological polar surface area (TPSA) is 92.9 Å². The number of nitrogens with zero attached hydrogens (tertiary/aromatic N) is 2. The van der Waals surface area contributed by atoms with E-state index < -0.39 is 0 Å². The molecule has 1 aromatic rings. The number of likely N-dealkylation sites (N-methyl/N-ethyl adjacent to an activating group) is 1. The molecule has 1 rings (SSSR count). The maximum atomic E-state index is 11.1. The van der Waals surface area contributed by atoms with E-state index in [-0.39, 0.29) is 18.4 Å². The maximum absolute atomic E-state index is 11.1. The Hall–Kier alpha value is -1.85. The first kappa shape index (κ1) is 10.2. The summed E-state index contributed by atoms with van der Waals surface area (Å²) in [5.41, 5.74) is 5.36. The molecule has 0 aliphatic rings. The van der Waals surface area contributed by atoms with Gasteiger partial charge in [-0.15, -0.1) is 0 Å². The van der Waals surface area contributed by atoms with Gasteiger partial charge in [0.25, 0.3) is 0 Å². The molecule has 0 radical (unpaired) electrons. The van der Waals surface area contributed by atoms with Crippen LogP contribution in [0.4, 0.5) is 11.8 Å². The number of aromatic nitrogens is 2. The molecule has 0 aliphatic heterocycles. The highest BCUT2D eigenvalue weighted by Crippen LogP contribution is 2.01. The summed E-state index contributed by atoms with van der Waals surface area (Å²) in [6, 6.07) is 1.65. The van der Waals surface area contributed by atoms with E-state index in [2.05, 4.69) is 20.6 Å². The molecule has 14 heavy (non-hydrogen) atoms.